The van der Waals surface area contributed by atoms with Crippen LogP contribution in [0, 0.1) is 12.7 Å². The van der Waals surface area contributed by atoms with E-state index in [2.05, 4.69) is 10.2 Å². The van der Waals surface area contributed by atoms with Crippen LogP contribution in [0.4, 0.5) is 15.8 Å². The molecule has 0 atom stereocenters. The molecule has 0 saturated carbocycles. The van der Waals surface area contributed by atoms with Gasteiger partial charge in [0.25, 0.3) is 0 Å². The summed E-state index contributed by atoms with van der Waals surface area (Å²) in [5, 5.41) is 2.89. The van der Waals surface area contributed by atoms with Gasteiger partial charge in [-0.15, -0.1) is 0 Å². The van der Waals surface area contributed by atoms with Gasteiger partial charge in [-0.25, -0.2) is 4.39 Å². The van der Waals surface area contributed by atoms with Crippen molar-refractivity contribution in [1.82, 2.24) is 0 Å². The van der Waals surface area contributed by atoms with Gasteiger partial charge in [0.2, 0.25) is 5.91 Å². The van der Waals surface area contributed by atoms with Crippen LogP contribution in [0.3, 0.4) is 0 Å². The number of benzene rings is 2. The lowest BCUT2D eigenvalue weighted by molar-refractivity contribution is -0.115. The van der Waals surface area contributed by atoms with E-state index in [0.29, 0.717) is 5.69 Å². The molecule has 1 fully saturated rings. The Morgan fingerprint density at radius 2 is 1.79 bits per heavy atom. The molecule has 1 saturated heterocycles. The average Bonchev–Trinajstić information content (AvgIpc) is 2.58. The standard InChI is InChI=1S/C20H23FN2O/c1-15-5-7-16(8-6-15)13-20(24)22-18-14-17(21)9-10-19(18)23-11-3-2-4-12-23/h5-10,14H,2-4,11-13H2,1H3,(H,22,24). The van der Waals surface area contributed by atoms with Gasteiger partial charge in [0, 0.05) is 13.1 Å². The number of anilines is 2. The number of nitrogens with one attached hydrogen (secondary N) is 1. The van der Waals surface area contributed by atoms with E-state index >= 15 is 0 Å². The lowest BCUT2D eigenvalue weighted by Gasteiger charge is -2.30. The fraction of sp³-hybridized carbons (Fsp3) is 0.350. The van der Waals surface area contributed by atoms with Gasteiger partial charge < -0.3 is 10.2 Å². The summed E-state index contributed by atoms with van der Waals surface area (Å²) in [6.07, 6.45) is 3.78. The van der Waals surface area contributed by atoms with Crippen LogP contribution in [-0.4, -0.2) is 19.0 Å². The van der Waals surface area contributed by atoms with Crippen molar-refractivity contribution in [3.05, 3.63) is 59.4 Å². The number of hydrogen-bond acceptors (Lipinski definition) is 2. The molecule has 0 spiro atoms. The van der Waals surface area contributed by atoms with E-state index in [4.69, 9.17) is 0 Å². The normalized spacial score (nSPS) is 14.5. The summed E-state index contributed by atoms with van der Waals surface area (Å²) in [6, 6.07) is 12.5. The number of piperidine rings is 1. The minimum Gasteiger partial charge on any atom is -0.370 e. The van der Waals surface area contributed by atoms with Crippen LogP contribution in [0.1, 0.15) is 30.4 Å². The van der Waals surface area contributed by atoms with Gasteiger partial charge in [-0.1, -0.05) is 29.8 Å². The van der Waals surface area contributed by atoms with Crippen LogP contribution in [0.25, 0.3) is 0 Å². The zero-order chi connectivity index (χ0) is 16.9. The van der Waals surface area contributed by atoms with Crippen molar-refractivity contribution in [2.75, 3.05) is 23.3 Å². The summed E-state index contributed by atoms with van der Waals surface area (Å²) < 4.78 is 13.7. The van der Waals surface area contributed by atoms with Crippen LogP contribution in [0.5, 0.6) is 0 Å². The predicted octanol–water partition coefficient (Wildman–Crippen LogP) is 4.31. The van der Waals surface area contributed by atoms with E-state index in [0.717, 1.165) is 42.7 Å². The number of nitrogens with zero attached hydrogens (tertiary/aromatic N) is 1. The summed E-state index contributed by atoms with van der Waals surface area (Å²) in [6.45, 7) is 3.92. The Kier molecular flexibility index (Phi) is 5.14. The quantitative estimate of drug-likeness (QED) is 0.908. The summed E-state index contributed by atoms with van der Waals surface area (Å²) in [7, 11) is 0. The molecule has 4 heteroatoms. The smallest absolute Gasteiger partial charge is 0.228 e. The number of rotatable bonds is 4. The molecule has 3 rings (SSSR count). The summed E-state index contributed by atoms with van der Waals surface area (Å²) >= 11 is 0. The van der Waals surface area contributed by atoms with E-state index in [1.807, 2.05) is 31.2 Å². The first-order valence-corrected chi connectivity index (χ1v) is 8.52. The zero-order valence-electron chi connectivity index (χ0n) is 14.0. The lowest BCUT2D eigenvalue weighted by Crippen LogP contribution is -2.30. The Bertz CT molecular complexity index is 706. The Hall–Kier alpha value is -2.36. The first-order chi connectivity index (χ1) is 11.6. The third kappa shape index (κ3) is 4.13. The molecule has 0 bridgehead atoms. The highest BCUT2D eigenvalue weighted by molar-refractivity contribution is 5.95. The second kappa shape index (κ2) is 7.47. The fourth-order valence-corrected chi connectivity index (χ4v) is 3.10. The van der Waals surface area contributed by atoms with Crippen LogP contribution in [0.15, 0.2) is 42.5 Å². The average molecular weight is 326 g/mol. The molecule has 0 aromatic heterocycles. The molecular weight excluding hydrogens is 303 g/mol. The Morgan fingerprint density at radius 1 is 1.08 bits per heavy atom. The number of carbonyl (C=O) groups is 1. The largest absolute Gasteiger partial charge is 0.370 e. The maximum Gasteiger partial charge on any atom is 0.228 e. The van der Waals surface area contributed by atoms with E-state index in [1.54, 1.807) is 6.07 Å². The molecular formula is C20H23FN2O. The molecule has 2 aromatic rings. The molecule has 1 heterocycles. The number of hydrogen-bond donors (Lipinski definition) is 1. The molecule has 126 valence electrons. The summed E-state index contributed by atoms with van der Waals surface area (Å²) in [5.74, 6) is -0.455. The first-order valence-electron chi connectivity index (χ1n) is 8.52. The van der Waals surface area contributed by atoms with Gasteiger partial charge >= 0.3 is 0 Å². The van der Waals surface area contributed by atoms with Crippen molar-refractivity contribution < 1.29 is 9.18 Å². The van der Waals surface area contributed by atoms with Gasteiger partial charge in [0.15, 0.2) is 0 Å². The van der Waals surface area contributed by atoms with Gasteiger partial charge in [0.05, 0.1) is 17.8 Å². The summed E-state index contributed by atoms with van der Waals surface area (Å²) in [5.41, 5.74) is 3.59. The number of carbonyl (C=O) groups excluding carboxylic acids is 1. The van der Waals surface area contributed by atoms with Crippen molar-refractivity contribution in [3.8, 4) is 0 Å². The van der Waals surface area contributed by atoms with Gasteiger partial charge in [-0.3, -0.25) is 4.79 Å². The van der Waals surface area contributed by atoms with Crippen molar-refractivity contribution in [2.45, 2.75) is 32.6 Å². The van der Waals surface area contributed by atoms with Crippen molar-refractivity contribution >= 4 is 17.3 Å². The first kappa shape index (κ1) is 16.5. The van der Waals surface area contributed by atoms with Crippen LogP contribution >= 0.6 is 0 Å². The van der Waals surface area contributed by atoms with Crippen molar-refractivity contribution in [2.24, 2.45) is 0 Å². The molecule has 0 unspecified atom stereocenters. The van der Waals surface area contributed by atoms with Gasteiger partial charge in [-0.05, 0) is 49.9 Å². The topological polar surface area (TPSA) is 32.3 Å². The number of halogens is 1. The Balaban J connectivity index is 1.74. The third-order valence-corrected chi connectivity index (χ3v) is 4.41. The minimum atomic E-state index is -0.332. The third-order valence-electron chi connectivity index (χ3n) is 4.41. The molecule has 1 amide bonds. The molecule has 1 aliphatic rings. The SMILES string of the molecule is Cc1ccc(CC(=O)Nc2cc(F)ccc2N2CCCCC2)cc1. The van der Waals surface area contributed by atoms with Crippen molar-refractivity contribution in [1.29, 1.82) is 0 Å². The fourth-order valence-electron chi connectivity index (χ4n) is 3.10. The number of aryl methyl sites for hydroxylation is 1. The van der Waals surface area contributed by atoms with E-state index in [1.165, 1.54) is 18.6 Å². The molecule has 1 aliphatic heterocycles. The molecule has 3 nitrogen and oxygen atoms in total. The van der Waals surface area contributed by atoms with Gasteiger partial charge in [0.1, 0.15) is 5.82 Å². The molecule has 1 N–H and O–H groups in total. The van der Waals surface area contributed by atoms with Crippen LogP contribution in [-0.2, 0) is 11.2 Å². The molecule has 24 heavy (non-hydrogen) atoms. The highest BCUT2D eigenvalue weighted by atomic mass is 19.1. The van der Waals surface area contributed by atoms with Crippen molar-refractivity contribution in [3.63, 3.8) is 0 Å². The maximum absolute atomic E-state index is 13.7. The van der Waals surface area contributed by atoms with E-state index in [-0.39, 0.29) is 18.1 Å². The zero-order valence-corrected chi connectivity index (χ0v) is 14.0. The van der Waals surface area contributed by atoms with Gasteiger partial charge in [-0.2, -0.15) is 0 Å². The summed E-state index contributed by atoms with van der Waals surface area (Å²) in [4.78, 5) is 14.6. The molecule has 0 aliphatic carbocycles. The van der Waals surface area contributed by atoms with Crippen LogP contribution in [0.2, 0.25) is 0 Å². The van der Waals surface area contributed by atoms with E-state index < -0.39 is 0 Å². The number of amides is 1. The Labute approximate surface area is 142 Å². The predicted molar refractivity (Wildman–Crippen MR) is 96.0 cm³/mol. The maximum atomic E-state index is 13.7. The lowest BCUT2D eigenvalue weighted by atomic mass is 10.1. The second-order valence-corrected chi connectivity index (χ2v) is 6.42. The van der Waals surface area contributed by atoms with Crippen LogP contribution < -0.4 is 10.2 Å². The highest BCUT2D eigenvalue weighted by Gasteiger charge is 2.16. The monoisotopic (exact) mass is 326 g/mol. The Morgan fingerprint density at radius 3 is 2.50 bits per heavy atom. The highest BCUT2D eigenvalue weighted by Crippen LogP contribution is 2.29. The molecule has 2 aromatic carbocycles. The van der Waals surface area contributed by atoms with E-state index in [9.17, 15) is 9.18 Å². The minimum absolute atomic E-state index is 0.122. The molecule has 0 radical (unpaired) electrons. The second-order valence-electron chi connectivity index (χ2n) is 6.42.